The Morgan fingerprint density at radius 3 is 2.56 bits per heavy atom. The quantitative estimate of drug-likeness (QED) is 0.692. The Morgan fingerprint density at radius 1 is 1.12 bits per heavy atom. The highest BCUT2D eigenvalue weighted by molar-refractivity contribution is 5.93. The van der Waals surface area contributed by atoms with Crippen LogP contribution in [0.1, 0.15) is 36.5 Å². The minimum absolute atomic E-state index is 0.180. The fraction of sp³-hybridized carbons (Fsp3) is 0.250. The van der Waals surface area contributed by atoms with E-state index in [-0.39, 0.29) is 5.56 Å². The largest absolute Gasteiger partial charge is 0.477 e. The third-order valence-electron chi connectivity index (χ3n) is 4.33. The Hall–Kier alpha value is -2.95. The first-order valence-electron chi connectivity index (χ1n) is 8.42. The van der Waals surface area contributed by atoms with E-state index in [1.54, 1.807) is 18.5 Å². The van der Waals surface area contributed by atoms with Crippen LogP contribution in [0.3, 0.4) is 0 Å². The number of hydrogen-bond donors (Lipinski definition) is 1. The molecule has 5 nitrogen and oxygen atoms in total. The lowest BCUT2D eigenvalue weighted by Gasteiger charge is -2.13. The molecule has 0 radical (unpaired) electrons. The molecule has 3 rings (SSSR count). The van der Waals surface area contributed by atoms with Gasteiger partial charge in [0.05, 0.1) is 5.52 Å². The highest BCUT2D eigenvalue weighted by atomic mass is 16.4. The van der Waals surface area contributed by atoms with Crippen molar-refractivity contribution in [3.05, 3.63) is 64.7 Å². The van der Waals surface area contributed by atoms with Gasteiger partial charge in [-0.2, -0.15) is 0 Å². The fourth-order valence-corrected chi connectivity index (χ4v) is 2.98. The molecule has 0 aliphatic rings. The maximum absolute atomic E-state index is 12.5. The van der Waals surface area contributed by atoms with E-state index >= 15 is 0 Å². The third-order valence-corrected chi connectivity index (χ3v) is 4.33. The van der Waals surface area contributed by atoms with Crippen LogP contribution in [-0.4, -0.2) is 20.6 Å². The van der Waals surface area contributed by atoms with Crippen LogP contribution in [-0.2, 0) is 6.54 Å². The second-order valence-electron chi connectivity index (χ2n) is 6.05. The molecule has 2 aromatic heterocycles. The molecule has 0 unspecified atom stereocenters. The van der Waals surface area contributed by atoms with Gasteiger partial charge in [-0.1, -0.05) is 25.8 Å². The van der Waals surface area contributed by atoms with Crippen LogP contribution >= 0.6 is 0 Å². The average Bonchev–Trinajstić information content (AvgIpc) is 2.64. The number of aryl methyl sites for hydroxylation is 1. The number of hydrogen-bond acceptors (Lipinski definition) is 3. The fourth-order valence-electron chi connectivity index (χ4n) is 2.98. The van der Waals surface area contributed by atoms with Gasteiger partial charge in [-0.25, -0.2) is 4.79 Å². The monoisotopic (exact) mass is 336 g/mol. The van der Waals surface area contributed by atoms with Gasteiger partial charge in [0.25, 0.3) is 0 Å². The van der Waals surface area contributed by atoms with Gasteiger partial charge in [-0.15, -0.1) is 0 Å². The first kappa shape index (κ1) is 16.9. The maximum atomic E-state index is 12.5. The minimum Gasteiger partial charge on any atom is -0.477 e. The number of aromatic nitrogens is 2. The summed E-state index contributed by atoms with van der Waals surface area (Å²) in [5.41, 5.74) is 2.13. The van der Waals surface area contributed by atoms with Crippen molar-refractivity contribution in [3.63, 3.8) is 0 Å². The Balaban J connectivity index is 2.19. The molecule has 0 saturated carbocycles. The molecule has 128 valence electrons. The van der Waals surface area contributed by atoms with E-state index in [0.717, 1.165) is 35.9 Å². The number of carboxylic acid groups (broad SMARTS) is 1. The zero-order valence-electron chi connectivity index (χ0n) is 14.1. The summed E-state index contributed by atoms with van der Waals surface area (Å²) in [5, 5.41) is 9.77. The minimum atomic E-state index is -1.19. The number of carbonyl (C=O) groups is 1. The molecule has 0 spiro atoms. The number of rotatable bonds is 6. The van der Waals surface area contributed by atoms with Crippen molar-refractivity contribution in [2.24, 2.45) is 0 Å². The predicted molar refractivity (Wildman–Crippen MR) is 97.9 cm³/mol. The average molecular weight is 336 g/mol. The SMILES string of the molecule is CCCCCn1cc(C(=O)O)c(=O)c2ccc(-c3ccncc3)cc21. The lowest BCUT2D eigenvalue weighted by Crippen LogP contribution is -2.19. The van der Waals surface area contributed by atoms with Crippen molar-refractivity contribution in [1.82, 2.24) is 9.55 Å². The number of pyridine rings is 2. The Labute approximate surface area is 145 Å². The first-order chi connectivity index (χ1) is 12.1. The molecular weight excluding hydrogens is 316 g/mol. The standard InChI is InChI=1S/C20H20N2O3/c1-2-3-4-11-22-13-17(20(24)25)19(23)16-6-5-15(12-18(16)22)14-7-9-21-10-8-14/h5-10,12-13H,2-4,11H2,1H3,(H,24,25). The predicted octanol–water partition coefficient (Wildman–Crippen LogP) is 3.95. The smallest absolute Gasteiger partial charge is 0.341 e. The molecular formula is C20H20N2O3. The summed E-state index contributed by atoms with van der Waals surface area (Å²) in [5.74, 6) is -1.19. The molecule has 1 N–H and O–H groups in total. The number of aromatic carboxylic acids is 1. The highest BCUT2D eigenvalue weighted by Gasteiger charge is 2.15. The Kier molecular flexibility index (Phi) is 4.93. The van der Waals surface area contributed by atoms with Crippen LogP contribution in [0.2, 0.25) is 0 Å². The maximum Gasteiger partial charge on any atom is 0.341 e. The van der Waals surface area contributed by atoms with Crippen molar-refractivity contribution >= 4 is 16.9 Å². The summed E-state index contributed by atoms with van der Waals surface area (Å²) in [7, 11) is 0. The van der Waals surface area contributed by atoms with Gasteiger partial charge >= 0.3 is 5.97 Å². The Morgan fingerprint density at radius 2 is 1.88 bits per heavy atom. The number of nitrogens with zero attached hydrogens (tertiary/aromatic N) is 2. The van der Waals surface area contributed by atoms with Gasteiger partial charge in [-0.3, -0.25) is 9.78 Å². The molecule has 0 bridgehead atoms. The van der Waals surface area contributed by atoms with Gasteiger partial charge in [0.1, 0.15) is 5.56 Å². The van der Waals surface area contributed by atoms with Crippen LogP contribution in [0.25, 0.3) is 22.0 Å². The van der Waals surface area contributed by atoms with E-state index in [2.05, 4.69) is 11.9 Å². The van der Waals surface area contributed by atoms with Crippen molar-refractivity contribution in [1.29, 1.82) is 0 Å². The molecule has 0 amide bonds. The molecule has 0 aliphatic heterocycles. The van der Waals surface area contributed by atoms with Gasteiger partial charge in [0.15, 0.2) is 0 Å². The second kappa shape index (κ2) is 7.30. The van der Waals surface area contributed by atoms with Gasteiger partial charge in [0.2, 0.25) is 5.43 Å². The van der Waals surface area contributed by atoms with Crippen molar-refractivity contribution in [3.8, 4) is 11.1 Å². The van der Waals surface area contributed by atoms with E-state index in [9.17, 15) is 14.7 Å². The molecule has 0 aliphatic carbocycles. The lowest BCUT2D eigenvalue weighted by molar-refractivity contribution is 0.0695. The summed E-state index contributed by atoms with van der Waals surface area (Å²) in [6.07, 6.45) is 7.99. The summed E-state index contributed by atoms with van der Waals surface area (Å²) in [6, 6.07) is 9.33. The van der Waals surface area contributed by atoms with E-state index < -0.39 is 11.4 Å². The van der Waals surface area contributed by atoms with Crippen molar-refractivity contribution in [2.75, 3.05) is 0 Å². The normalized spacial score (nSPS) is 10.9. The highest BCUT2D eigenvalue weighted by Crippen LogP contribution is 2.23. The lowest BCUT2D eigenvalue weighted by atomic mass is 10.0. The van der Waals surface area contributed by atoms with E-state index in [1.165, 1.54) is 6.20 Å². The number of fused-ring (bicyclic) bond motifs is 1. The van der Waals surface area contributed by atoms with Crippen molar-refractivity contribution < 1.29 is 9.90 Å². The van der Waals surface area contributed by atoms with Gasteiger partial charge in [0, 0.05) is 30.5 Å². The van der Waals surface area contributed by atoms with Crippen LogP contribution in [0.5, 0.6) is 0 Å². The number of unbranched alkanes of at least 4 members (excludes halogenated alkanes) is 2. The second-order valence-corrected chi connectivity index (χ2v) is 6.05. The number of carboxylic acids is 1. The first-order valence-corrected chi connectivity index (χ1v) is 8.42. The van der Waals surface area contributed by atoms with Crippen LogP contribution < -0.4 is 5.43 Å². The summed E-state index contributed by atoms with van der Waals surface area (Å²) >= 11 is 0. The molecule has 25 heavy (non-hydrogen) atoms. The summed E-state index contributed by atoms with van der Waals surface area (Å²) in [6.45, 7) is 2.80. The van der Waals surface area contributed by atoms with Crippen LogP contribution in [0, 0.1) is 0 Å². The molecule has 1 aromatic carbocycles. The molecule has 0 fully saturated rings. The topological polar surface area (TPSA) is 72.2 Å². The molecule has 5 heteroatoms. The van der Waals surface area contributed by atoms with E-state index in [1.807, 2.05) is 28.8 Å². The van der Waals surface area contributed by atoms with Crippen molar-refractivity contribution in [2.45, 2.75) is 32.7 Å². The number of benzene rings is 1. The zero-order chi connectivity index (χ0) is 17.8. The summed E-state index contributed by atoms with van der Waals surface area (Å²) < 4.78 is 1.89. The van der Waals surface area contributed by atoms with Gasteiger partial charge in [-0.05, 0) is 41.8 Å². The zero-order valence-corrected chi connectivity index (χ0v) is 14.1. The molecule has 3 aromatic rings. The van der Waals surface area contributed by atoms with Crippen LogP contribution in [0.4, 0.5) is 0 Å². The van der Waals surface area contributed by atoms with E-state index in [4.69, 9.17) is 0 Å². The molecule has 0 atom stereocenters. The molecule has 2 heterocycles. The summed E-state index contributed by atoms with van der Waals surface area (Å²) in [4.78, 5) is 27.9. The third kappa shape index (κ3) is 3.45. The Bertz CT molecular complexity index is 962. The van der Waals surface area contributed by atoms with E-state index in [0.29, 0.717) is 11.9 Å². The van der Waals surface area contributed by atoms with Gasteiger partial charge < -0.3 is 9.67 Å². The molecule has 0 saturated heterocycles. The van der Waals surface area contributed by atoms with Crippen LogP contribution in [0.15, 0.2) is 53.7 Å².